The first kappa shape index (κ1) is 6.96. The van der Waals surface area contributed by atoms with Crippen LogP contribution in [0.15, 0.2) is 0 Å². The number of cyclic esters (lactones) is 3. The molecule has 0 aromatic heterocycles. The molecule has 1 N–H and O–H groups in total. The predicted octanol–water partition coefficient (Wildman–Crippen LogP) is -1.02. The molecule has 2 saturated heterocycles. The molecule has 62 valence electrons. The van der Waals surface area contributed by atoms with Crippen LogP contribution in [0.5, 0.6) is 0 Å². The Kier molecular flexibility index (Phi) is 0.992. The third-order valence-corrected chi connectivity index (χ3v) is 1.90. The number of hydrogen-bond acceptors (Lipinski definition) is 6. The second-order valence-electron chi connectivity index (χ2n) is 2.56. The standard InChI is InChI=1S/C6H3NO5/c7-3-6(1-2(8)11-3)4(9)12-5(6)10/h7H,1H2. The second-order valence-corrected chi connectivity index (χ2v) is 2.56. The molecular formula is C6H3NO5. The Hall–Kier alpha value is -1.72. The summed E-state index contributed by atoms with van der Waals surface area (Å²) in [5.74, 6) is -3.11. The molecule has 0 atom stereocenters. The Morgan fingerprint density at radius 1 is 1.17 bits per heavy atom. The number of carbonyl (C=O) groups excluding carboxylic acids is 3. The molecule has 2 heterocycles. The van der Waals surface area contributed by atoms with Crippen LogP contribution in [-0.2, 0) is 23.9 Å². The van der Waals surface area contributed by atoms with E-state index in [0.29, 0.717) is 0 Å². The molecule has 2 rings (SSSR count). The average Bonchev–Trinajstić information content (AvgIpc) is 2.29. The quantitative estimate of drug-likeness (QED) is 0.370. The van der Waals surface area contributed by atoms with E-state index in [0.717, 1.165) is 0 Å². The lowest BCUT2D eigenvalue weighted by molar-refractivity contribution is -0.189. The van der Waals surface area contributed by atoms with E-state index >= 15 is 0 Å². The van der Waals surface area contributed by atoms with Gasteiger partial charge in [0.2, 0.25) is 5.90 Å². The number of esters is 3. The van der Waals surface area contributed by atoms with Crippen molar-refractivity contribution in [2.24, 2.45) is 5.41 Å². The average molecular weight is 169 g/mol. The van der Waals surface area contributed by atoms with Crippen LogP contribution in [0, 0.1) is 10.8 Å². The lowest BCUT2D eigenvalue weighted by Crippen LogP contribution is -2.56. The number of nitrogens with one attached hydrogen (secondary N) is 1. The summed E-state index contributed by atoms with van der Waals surface area (Å²) in [7, 11) is 0. The van der Waals surface area contributed by atoms with E-state index in [9.17, 15) is 14.4 Å². The van der Waals surface area contributed by atoms with Gasteiger partial charge in [-0.25, -0.2) is 9.59 Å². The van der Waals surface area contributed by atoms with Crippen LogP contribution in [-0.4, -0.2) is 23.8 Å². The summed E-state index contributed by atoms with van der Waals surface area (Å²) < 4.78 is 8.33. The van der Waals surface area contributed by atoms with Gasteiger partial charge in [-0.15, -0.1) is 0 Å². The number of rotatable bonds is 0. The first-order chi connectivity index (χ1) is 5.57. The Morgan fingerprint density at radius 2 is 1.75 bits per heavy atom. The molecule has 6 nitrogen and oxygen atoms in total. The molecule has 2 fully saturated rings. The maximum atomic E-state index is 10.8. The van der Waals surface area contributed by atoms with Gasteiger partial charge >= 0.3 is 17.9 Å². The van der Waals surface area contributed by atoms with Gasteiger partial charge in [-0.05, 0) is 0 Å². The lowest BCUT2D eigenvalue weighted by atomic mass is 9.82. The van der Waals surface area contributed by atoms with E-state index in [1.54, 1.807) is 0 Å². The summed E-state index contributed by atoms with van der Waals surface area (Å²) in [6.07, 6.45) is -0.399. The molecule has 1 spiro atoms. The third kappa shape index (κ3) is 0.512. The third-order valence-electron chi connectivity index (χ3n) is 1.90. The minimum absolute atomic E-state index is 0.399. The molecule has 0 amide bonds. The highest BCUT2D eigenvalue weighted by Gasteiger charge is 2.68. The van der Waals surface area contributed by atoms with Gasteiger partial charge in [0.15, 0.2) is 0 Å². The second kappa shape index (κ2) is 1.71. The van der Waals surface area contributed by atoms with Crippen molar-refractivity contribution in [1.82, 2.24) is 0 Å². The highest BCUT2D eigenvalue weighted by molar-refractivity contribution is 6.32. The van der Waals surface area contributed by atoms with Gasteiger partial charge in [-0.1, -0.05) is 0 Å². The number of ether oxygens (including phenoxy) is 2. The molecule has 0 aromatic carbocycles. The maximum absolute atomic E-state index is 10.8. The zero-order valence-electron chi connectivity index (χ0n) is 5.75. The molecule has 6 heteroatoms. The SMILES string of the molecule is N=C1OC(=O)CC12C(=O)OC2=O. The summed E-state index contributed by atoms with van der Waals surface area (Å²) in [6, 6.07) is 0. The van der Waals surface area contributed by atoms with E-state index in [-0.39, 0.29) is 0 Å². The van der Waals surface area contributed by atoms with Gasteiger partial charge in [-0.3, -0.25) is 10.2 Å². The van der Waals surface area contributed by atoms with Crippen LogP contribution in [0.1, 0.15) is 6.42 Å². The van der Waals surface area contributed by atoms with Crippen LogP contribution in [0.3, 0.4) is 0 Å². The zero-order chi connectivity index (χ0) is 8.93. The molecular weight excluding hydrogens is 166 g/mol. The van der Waals surface area contributed by atoms with E-state index in [1.807, 2.05) is 0 Å². The molecule has 0 bridgehead atoms. The first-order valence-corrected chi connectivity index (χ1v) is 3.14. The van der Waals surface area contributed by atoms with Crippen LogP contribution in [0.4, 0.5) is 0 Å². The van der Waals surface area contributed by atoms with Gasteiger partial charge in [-0.2, -0.15) is 0 Å². The molecule has 0 radical (unpaired) electrons. The summed E-state index contributed by atoms with van der Waals surface area (Å²) in [5.41, 5.74) is -1.73. The molecule has 12 heavy (non-hydrogen) atoms. The van der Waals surface area contributed by atoms with Gasteiger partial charge in [0.05, 0.1) is 6.42 Å². The van der Waals surface area contributed by atoms with Crippen molar-refractivity contribution < 1.29 is 23.9 Å². The van der Waals surface area contributed by atoms with E-state index in [1.165, 1.54) is 0 Å². The highest BCUT2D eigenvalue weighted by atomic mass is 16.6. The van der Waals surface area contributed by atoms with Crippen molar-refractivity contribution in [2.75, 3.05) is 0 Å². The molecule has 0 saturated carbocycles. The van der Waals surface area contributed by atoms with Crippen molar-refractivity contribution in [3.63, 3.8) is 0 Å². The fourth-order valence-electron chi connectivity index (χ4n) is 1.16. The molecule has 2 aliphatic rings. The van der Waals surface area contributed by atoms with Crippen LogP contribution < -0.4 is 0 Å². The van der Waals surface area contributed by atoms with Crippen molar-refractivity contribution >= 4 is 23.8 Å². The normalized spacial score (nSPS) is 25.3. The van der Waals surface area contributed by atoms with E-state index < -0.39 is 35.6 Å². The minimum Gasteiger partial charge on any atom is -0.410 e. The Morgan fingerprint density at radius 3 is 2.00 bits per heavy atom. The monoisotopic (exact) mass is 169 g/mol. The molecule has 2 aliphatic heterocycles. The van der Waals surface area contributed by atoms with Crippen LogP contribution >= 0.6 is 0 Å². The van der Waals surface area contributed by atoms with Crippen LogP contribution in [0.2, 0.25) is 0 Å². The van der Waals surface area contributed by atoms with Crippen molar-refractivity contribution in [2.45, 2.75) is 6.42 Å². The number of carbonyl (C=O) groups is 3. The maximum Gasteiger partial charge on any atom is 0.341 e. The van der Waals surface area contributed by atoms with Crippen molar-refractivity contribution in [1.29, 1.82) is 5.41 Å². The Balaban J connectivity index is 2.44. The minimum atomic E-state index is -1.73. The van der Waals surface area contributed by atoms with E-state index in [4.69, 9.17) is 5.41 Å². The van der Waals surface area contributed by atoms with E-state index in [2.05, 4.69) is 9.47 Å². The summed E-state index contributed by atoms with van der Waals surface area (Å²) in [5, 5.41) is 7.08. The summed E-state index contributed by atoms with van der Waals surface area (Å²) >= 11 is 0. The Bertz CT molecular complexity index is 317. The first-order valence-electron chi connectivity index (χ1n) is 3.14. The summed E-state index contributed by atoms with van der Waals surface area (Å²) in [4.78, 5) is 32.2. The van der Waals surface area contributed by atoms with Gasteiger partial charge in [0.25, 0.3) is 5.41 Å². The zero-order valence-corrected chi connectivity index (χ0v) is 5.75. The van der Waals surface area contributed by atoms with Gasteiger partial charge in [0.1, 0.15) is 0 Å². The highest BCUT2D eigenvalue weighted by Crippen LogP contribution is 2.40. The van der Waals surface area contributed by atoms with Crippen LogP contribution in [0.25, 0.3) is 0 Å². The summed E-state index contributed by atoms with van der Waals surface area (Å²) in [6.45, 7) is 0. The smallest absolute Gasteiger partial charge is 0.341 e. The molecule has 0 aliphatic carbocycles. The number of hydrogen-bond donors (Lipinski definition) is 1. The molecule has 0 unspecified atom stereocenters. The Labute approximate surface area is 65.9 Å². The molecule has 0 aromatic rings. The van der Waals surface area contributed by atoms with Crippen molar-refractivity contribution in [3.05, 3.63) is 0 Å². The van der Waals surface area contributed by atoms with Crippen molar-refractivity contribution in [3.8, 4) is 0 Å². The lowest BCUT2D eigenvalue weighted by Gasteiger charge is -2.28. The predicted molar refractivity (Wildman–Crippen MR) is 32.0 cm³/mol. The fourth-order valence-corrected chi connectivity index (χ4v) is 1.16. The topological polar surface area (TPSA) is 93.5 Å². The largest absolute Gasteiger partial charge is 0.410 e. The van der Waals surface area contributed by atoms with Gasteiger partial charge < -0.3 is 9.47 Å². The van der Waals surface area contributed by atoms with Gasteiger partial charge in [0, 0.05) is 0 Å². The fraction of sp³-hybridized carbons (Fsp3) is 0.333.